The largest absolute Gasteiger partial charge is 0.298 e. The molecule has 0 saturated heterocycles. The van der Waals surface area contributed by atoms with Crippen LogP contribution < -0.4 is 0 Å². The van der Waals surface area contributed by atoms with Gasteiger partial charge >= 0.3 is 0 Å². The molecule has 2 heteroatoms. The van der Waals surface area contributed by atoms with Crippen molar-refractivity contribution in [2.75, 3.05) is 5.75 Å². The highest BCUT2D eigenvalue weighted by atomic mass is 32.1. The van der Waals surface area contributed by atoms with Crippen molar-refractivity contribution in [1.29, 1.82) is 0 Å². The van der Waals surface area contributed by atoms with E-state index in [9.17, 15) is 4.79 Å². The maximum Gasteiger partial charge on any atom is 0.152 e. The van der Waals surface area contributed by atoms with Crippen molar-refractivity contribution in [2.24, 2.45) is 0 Å². The number of ketones is 1. The van der Waals surface area contributed by atoms with Crippen LogP contribution in [0.4, 0.5) is 0 Å². The van der Waals surface area contributed by atoms with Gasteiger partial charge in [0, 0.05) is 5.41 Å². The highest BCUT2D eigenvalue weighted by Gasteiger charge is 2.27. The average molecular weight is 194 g/mol. The molecule has 0 aliphatic heterocycles. The summed E-state index contributed by atoms with van der Waals surface area (Å²) in [7, 11) is 0. The molecule has 1 nitrogen and oxygen atoms in total. The third-order valence-corrected chi connectivity index (χ3v) is 2.62. The number of hydrogen-bond acceptors (Lipinski definition) is 2. The molecule has 0 atom stereocenters. The van der Waals surface area contributed by atoms with Gasteiger partial charge in [0.1, 0.15) is 0 Å². The third kappa shape index (κ3) is 2.13. The number of benzene rings is 1. The van der Waals surface area contributed by atoms with Crippen LogP contribution in [0.2, 0.25) is 0 Å². The molecule has 0 aliphatic rings. The second-order valence-electron chi connectivity index (χ2n) is 3.57. The molecule has 0 radical (unpaired) electrons. The summed E-state index contributed by atoms with van der Waals surface area (Å²) in [6, 6.07) is 9.79. The highest BCUT2D eigenvalue weighted by molar-refractivity contribution is 7.81. The second-order valence-corrected chi connectivity index (χ2v) is 3.89. The number of hydrogen-bond donors (Lipinski definition) is 1. The summed E-state index contributed by atoms with van der Waals surface area (Å²) < 4.78 is 0. The zero-order chi connectivity index (χ0) is 9.90. The first-order chi connectivity index (χ1) is 6.09. The molecule has 1 aromatic carbocycles. The van der Waals surface area contributed by atoms with Gasteiger partial charge < -0.3 is 0 Å². The Morgan fingerprint density at radius 2 is 1.85 bits per heavy atom. The summed E-state index contributed by atoms with van der Waals surface area (Å²) in [5, 5.41) is 0. The van der Waals surface area contributed by atoms with Crippen molar-refractivity contribution in [2.45, 2.75) is 19.3 Å². The maximum absolute atomic E-state index is 11.6. The monoisotopic (exact) mass is 194 g/mol. The fraction of sp³-hybridized carbons (Fsp3) is 0.364. The number of carbonyl (C=O) groups is 1. The van der Waals surface area contributed by atoms with Gasteiger partial charge in [0.25, 0.3) is 0 Å². The molecular weight excluding hydrogens is 180 g/mol. The predicted octanol–water partition coefficient (Wildman–Crippen LogP) is 2.46. The van der Waals surface area contributed by atoms with E-state index in [0.717, 1.165) is 5.56 Å². The van der Waals surface area contributed by atoms with Crippen LogP contribution in [-0.4, -0.2) is 11.5 Å². The molecule has 70 valence electrons. The van der Waals surface area contributed by atoms with Gasteiger partial charge in [-0.3, -0.25) is 4.79 Å². The van der Waals surface area contributed by atoms with Gasteiger partial charge in [0.05, 0.1) is 5.75 Å². The number of Topliss-reactive ketones (excluding diaryl/α,β-unsaturated/α-hetero) is 1. The topological polar surface area (TPSA) is 17.1 Å². The van der Waals surface area contributed by atoms with Crippen molar-refractivity contribution in [3.8, 4) is 0 Å². The Balaban J connectivity index is 3.00. The molecule has 0 heterocycles. The lowest BCUT2D eigenvalue weighted by Gasteiger charge is -2.22. The van der Waals surface area contributed by atoms with Crippen molar-refractivity contribution in [3.05, 3.63) is 35.9 Å². The molecule has 0 bridgehead atoms. The zero-order valence-electron chi connectivity index (χ0n) is 7.95. The van der Waals surface area contributed by atoms with E-state index in [1.54, 1.807) is 0 Å². The van der Waals surface area contributed by atoms with Crippen LogP contribution in [0.1, 0.15) is 19.4 Å². The molecule has 0 aliphatic carbocycles. The van der Waals surface area contributed by atoms with Gasteiger partial charge in [0.2, 0.25) is 0 Å². The number of carbonyl (C=O) groups excluding carboxylic acids is 1. The van der Waals surface area contributed by atoms with Crippen molar-refractivity contribution < 1.29 is 4.79 Å². The minimum atomic E-state index is -0.414. The Morgan fingerprint density at radius 1 is 1.31 bits per heavy atom. The van der Waals surface area contributed by atoms with Crippen LogP contribution in [0, 0.1) is 0 Å². The van der Waals surface area contributed by atoms with Crippen LogP contribution >= 0.6 is 12.6 Å². The van der Waals surface area contributed by atoms with Gasteiger partial charge in [-0.15, -0.1) is 0 Å². The van der Waals surface area contributed by atoms with Crippen LogP contribution in [0.5, 0.6) is 0 Å². The quantitative estimate of drug-likeness (QED) is 0.731. The highest BCUT2D eigenvalue weighted by Crippen LogP contribution is 2.24. The fourth-order valence-electron chi connectivity index (χ4n) is 1.21. The molecule has 0 amide bonds. The van der Waals surface area contributed by atoms with Gasteiger partial charge in [-0.1, -0.05) is 30.3 Å². The van der Waals surface area contributed by atoms with Crippen LogP contribution in [-0.2, 0) is 10.2 Å². The summed E-state index contributed by atoms with van der Waals surface area (Å²) in [6.07, 6.45) is 0. The van der Waals surface area contributed by atoms with Gasteiger partial charge in [-0.2, -0.15) is 12.6 Å². The molecule has 0 saturated carbocycles. The summed E-state index contributed by atoms with van der Waals surface area (Å²) in [5.74, 6) is 0.448. The predicted molar refractivity (Wildman–Crippen MR) is 58.3 cm³/mol. The molecule has 1 aromatic rings. The Kier molecular flexibility index (Phi) is 3.15. The minimum absolute atomic E-state index is 0.155. The summed E-state index contributed by atoms with van der Waals surface area (Å²) in [4.78, 5) is 11.6. The third-order valence-electron chi connectivity index (χ3n) is 2.34. The summed E-state index contributed by atoms with van der Waals surface area (Å²) in [5.41, 5.74) is 0.636. The van der Waals surface area contributed by atoms with Crippen molar-refractivity contribution >= 4 is 18.4 Å². The van der Waals surface area contributed by atoms with Crippen LogP contribution in [0.3, 0.4) is 0 Å². The van der Waals surface area contributed by atoms with Crippen molar-refractivity contribution in [1.82, 2.24) is 0 Å². The summed E-state index contributed by atoms with van der Waals surface area (Å²) >= 11 is 4.01. The zero-order valence-corrected chi connectivity index (χ0v) is 8.84. The van der Waals surface area contributed by atoms with E-state index in [0.29, 0.717) is 5.75 Å². The second kappa shape index (κ2) is 3.97. The van der Waals surface area contributed by atoms with E-state index in [1.165, 1.54) is 0 Å². The van der Waals surface area contributed by atoms with Gasteiger partial charge in [0.15, 0.2) is 5.78 Å². The van der Waals surface area contributed by atoms with E-state index >= 15 is 0 Å². The van der Waals surface area contributed by atoms with Crippen LogP contribution in [0.25, 0.3) is 0 Å². The molecule has 1 rings (SSSR count). The Bertz CT molecular complexity index is 290. The molecule has 0 N–H and O–H groups in total. The lowest BCUT2D eigenvalue weighted by atomic mass is 9.81. The Labute approximate surface area is 84.6 Å². The lowest BCUT2D eigenvalue weighted by Crippen LogP contribution is -2.29. The molecule has 0 aromatic heterocycles. The molecular formula is C11H14OS. The smallest absolute Gasteiger partial charge is 0.152 e. The normalized spacial score (nSPS) is 11.3. The van der Waals surface area contributed by atoms with E-state index in [4.69, 9.17) is 0 Å². The number of thiol groups is 1. The van der Waals surface area contributed by atoms with E-state index in [1.807, 2.05) is 44.2 Å². The van der Waals surface area contributed by atoms with E-state index in [2.05, 4.69) is 12.6 Å². The number of rotatable bonds is 3. The fourth-order valence-corrected chi connectivity index (χ4v) is 1.61. The molecule has 0 fully saturated rings. The van der Waals surface area contributed by atoms with Crippen LogP contribution in [0.15, 0.2) is 30.3 Å². The summed E-state index contributed by atoms with van der Waals surface area (Å²) in [6.45, 7) is 3.86. The standard InChI is InChI=1S/C11H14OS/c1-11(2,10(12)8-13)9-6-4-3-5-7-9/h3-7,13H,8H2,1-2H3. The Morgan fingerprint density at radius 3 is 2.31 bits per heavy atom. The Hall–Kier alpha value is -0.760. The van der Waals surface area contributed by atoms with Gasteiger partial charge in [-0.25, -0.2) is 0 Å². The molecule has 13 heavy (non-hydrogen) atoms. The maximum atomic E-state index is 11.6. The first-order valence-corrected chi connectivity index (χ1v) is 4.92. The SMILES string of the molecule is CC(C)(C(=O)CS)c1ccccc1. The molecule has 0 spiro atoms. The van der Waals surface area contributed by atoms with Gasteiger partial charge in [-0.05, 0) is 19.4 Å². The first kappa shape index (κ1) is 10.3. The minimum Gasteiger partial charge on any atom is -0.298 e. The molecule has 0 unspecified atom stereocenters. The lowest BCUT2D eigenvalue weighted by molar-refractivity contribution is -0.120. The van der Waals surface area contributed by atoms with E-state index in [-0.39, 0.29) is 5.78 Å². The average Bonchev–Trinajstić information content (AvgIpc) is 2.18. The first-order valence-electron chi connectivity index (χ1n) is 4.28. The van der Waals surface area contributed by atoms with Crippen molar-refractivity contribution in [3.63, 3.8) is 0 Å². The van der Waals surface area contributed by atoms with E-state index < -0.39 is 5.41 Å².